The third-order valence-electron chi connectivity index (χ3n) is 1.92. The highest BCUT2D eigenvalue weighted by Gasteiger charge is 2.06. The molecule has 0 aliphatic rings. The summed E-state index contributed by atoms with van der Waals surface area (Å²) in [5.74, 6) is -0.137. The minimum atomic E-state index is -0.0959. The molecule has 0 aliphatic heterocycles. The van der Waals surface area contributed by atoms with Crippen LogP contribution in [0.3, 0.4) is 0 Å². The van der Waals surface area contributed by atoms with Gasteiger partial charge in [0, 0.05) is 33.2 Å². The molecule has 3 N–H and O–H groups in total. The zero-order chi connectivity index (χ0) is 12.4. The quantitative estimate of drug-likeness (QED) is 0.462. The first kappa shape index (κ1) is 14.9. The lowest BCUT2D eigenvalue weighted by molar-refractivity contribution is -0.122. The van der Waals surface area contributed by atoms with Crippen molar-refractivity contribution in [2.75, 3.05) is 33.9 Å². The van der Waals surface area contributed by atoms with Crippen molar-refractivity contribution < 1.29 is 14.3 Å². The van der Waals surface area contributed by atoms with Crippen molar-refractivity contribution in [1.29, 1.82) is 0 Å². The number of hydrogen-bond acceptors (Lipinski definition) is 4. The smallest absolute Gasteiger partial charge is 0.234 e. The van der Waals surface area contributed by atoms with Crippen LogP contribution in [-0.4, -0.2) is 51.7 Å². The zero-order valence-electron chi connectivity index (χ0n) is 10.1. The Hall–Kier alpha value is -1.14. The molecule has 0 heterocycles. The summed E-state index contributed by atoms with van der Waals surface area (Å²) in [7, 11) is 3.17. The number of rotatable bonds is 8. The molecule has 1 atom stereocenters. The number of amides is 2. The molecule has 0 aromatic rings. The van der Waals surface area contributed by atoms with E-state index in [1.807, 2.05) is 6.92 Å². The van der Waals surface area contributed by atoms with E-state index in [2.05, 4.69) is 16.0 Å². The second-order valence-corrected chi connectivity index (χ2v) is 3.52. The van der Waals surface area contributed by atoms with E-state index in [1.54, 1.807) is 14.2 Å². The largest absolute Gasteiger partial charge is 0.383 e. The number of carbonyl (C=O) groups is 2. The molecule has 1 unspecified atom stereocenters. The van der Waals surface area contributed by atoms with Crippen molar-refractivity contribution >= 4 is 11.8 Å². The third-order valence-corrected chi connectivity index (χ3v) is 1.92. The van der Waals surface area contributed by atoms with E-state index in [4.69, 9.17) is 4.74 Å². The monoisotopic (exact) mass is 231 g/mol. The molecule has 6 nitrogen and oxygen atoms in total. The highest BCUT2D eigenvalue weighted by molar-refractivity contribution is 5.78. The molecule has 6 heteroatoms. The van der Waals surface area contributed by atoms with E-state index >= 15 is 0 Å². The summed E-state index contributed by atoms with van der Waals surface area (Å²) in [6.07, 6.45) is 0.372. The first-order chi connectivity index (χ1) is 7.60. The van der Waals surface area contributed by atoms with E-state index in [1.165, 1.54) is 0 Å². The fourth-order valence-corrected chi connectivity index (χ4v) is 1.15. The maximum absolute atomic E-state index is 11.3. The molecule has 0 aromatic heterocycles. The minimum absolute atomic E-state index is 0.00163. The molecule has 0 aromatic carbocycles. The van der Waals surface area contributed by atoms with Crippen molar-refractivity contribution in [2.45, 2.75) is 19.4 Å². The van der Waals surface area contributed by atoms with Crippen molar-refractivity contribution in [1.82, 2.24) is 16.0 Å². The lowest BCUT2D eigenvalue weighted by Crippen LogP contribution is -2.41. The molecule has 0 rings (SSSR count). The van der Waals surface area contributed by atoms with Crippen LogP contribution in [0.15, 0.2) is 0 Å². The Morgan fingerprint density at radius 1 is 1.31 bits per heavy atom. The van der Waals surface area contributed by atoms with Gasteiger partial charge < -0.3 is 20.7 Å². The van der Waals surface area contributed by atoms with Gasteiger partial charge in [-0.3, -0.25) is 9.59 Å². The molecule has 0 saturated heterocycles. The number of ether oxygens (including phenoxy) is 1. The summed E-state index contributed by atoms with van der Waals surface area (Å²) in [5.41, 5.74) is 0. The molecule has 0 radical (unpaired) electrons. The Morgan fingerprint density at radius 2 is 2.00 bits per heavy atom. The standard InChI is InChI=1S/C10H21N3O3/c1-8(7-16-3)13-10(15)6-12-5-4-9(14)11-2/h8,12H,4-7H2,1-3H3,(H,11,14)(H,13,15). The van der Waals surface area contributed by atoms with E-state index in [0.29, 0.717) is 19.6 Å². The molecule has 0 bridgehead atoms. The van der Waals surface area contributed by atoms with Gasteiger partial charge in [0.25, 0.3) is 0 Å². The van der Waals surface area contributed by atoms with E-state index in [0.717, 1.165) is 0 Å². The summed E-state index contributed by atoms with van der Waals surface area (Å²) >= 11 is 0. The Balaban J connectivity index is 3.47. The molecular weight excluding hydrogens is 210 g/mol. The number of nitrogens with one attached hydrogen (secondary N) is 3. The van der Waals surface area contributed by atoms with Crippen molar-refractivity contribution in [2.24, 2.45) is 0 Å². The van der Waals surface area contributed by atoms with Gasteiger partial charge in [-0.05, 0) is 6.92 Å². The molecule has 0 fully saturated rings. The highest BCUT2D eigenvalue weighted by Crippen LogP contribution is 1.82. The number of carbonyl (C=O) groups excluding carboxylic acids is 2. The van der Waals surface area contributed by atoms with E-state index in [9.17, 15) is 9.59 Å². The van der Waals surface area contributed by atoms with Crippen molar-refractivity contribution in [3.8, 4) is 0 Å². The molecule has 0 spiro atoms. The highest BCUT2D eigenvalue weighted by atomic mass is 16.5. The SMILES string of the molecule is CNC(=O)CCNCC(=O)NC(C)COC. The Kier molecular flexibility index (Phi) is 8.46. The van der Waals surface area contributed by atoms with Gasteiger partial charge in [0.2, 0.25) is 11.8 Å². The van der Waals surface area contributed by atoms with Gasteiger partial charge in [-0.1, -0.05) is 0 Å². The summed E-state index contributed by atoms with van der Waals surface area (Å²) in [6.45, 7) is 3.06. The molecule has 16 heavy (non-hydrogen) atoms. The average molecular weight is 231 g/mol. The Labute approximate surface area is 96.1 Å². The summed E-state index contributed by atoms with van der Waals surface area (Å²) < 4.78 is 4.89. The second kappa shape index (κ2) is 9.11. The predicted molar refractivity (Wildman–Crippen MR) is 61.0 cm³/mol. The van der Waals surface area contributed by atoms with Crippen LogP contribution in [0.1, 0.15) is 13.3 Å². The normalized spacial score (nSPS) is 11.9. The maximum atomic E-state index is 11.3. The maximum Gasteiger partial charge on any atom is 0.234 e. The van der Waals surface area contributed by atoms with Gasteiger partial charge in [0.1, 0.15) is 0 Å². The van der Waals surface area contributed by atoms with Gasteiger partial charge in [-0.15, -0.1) is 0 Å². The summed E-state index contributed by atoms with van der Waals surface area (Å²) in [5, 5.41) is 8.15. The van der Waals surface area contributed by atoms with Crippen LogP contribution < -0.4 is 16.0 Å². The van der Waals surface area contributed by atoms with Gasteiger partial charge >= 0.3 is 0 Å². The fourth-order valence-electron chi connectivity index (χ4n) is 1.15. The van der Waals surface area contributed by atoms with E-state index in [-0.39, 0.29) is 24.4 Å². The van der Waals surface area contributed by atoms with Crippen LogP contribution in [0.5, 0.6) is 0 Å². The van der Waals surface area contributed by atoms with Gasteiger partial charge in [0.05, 0.1) is 13.2 Å². The molecule has 2 amide bonds. The Bertz CT molecular complexity index is 221. The topological polar surface area (TPSA) is 79.5 Å². The second-order valence-electron chi connectivity index (χ2n) is 3.52. The van der Waals surface area contributed by atoms with Gasteiger partial charge in [-0.25, -0.2) is 0 Å². The molecule has 0 saturated carbocycles. The first-order valence-electron chi connectivity index (χ1n) is 5.29. The minimum Gasteiger partial charge on any atom is -0.383 e. The summed E-state index contributed by atoms with van der Waals surface area (Å²) in [4.78, 5) is 22.2. The lowest BCUT2D eigenvalue weighted by Gasteiger charge is -2.12. The first-order valence-corrected chi connectivity index (χ1v) is 5.29. The van der Waals surface area contributed by atoms with Crippen molar-refractivity contribution in [3.63, 3.8) is 0 Å². The summed E-state index contributed by atoms with van der Waals surface area (Å²) in [6, 6.07) is -0.00163. The molecule has 94 valence electrons. The number of methoxy groups -OCH3 is 1. The van der Waals surface area contributed by atoms with Gasteiger partial charge in [0.15, 0.2) is 0 Å². The van der Waals surface area contributed by atoms with Crippen molar-refractivity contribution in [3.05, 3.63) is 0 Å². The van der Waals surface area contributed by atoms with Crippen LogP contribution in [0, 0.1) is 0 Å². The fraction of sp³-hybridized carbons (Fsp3) is 0.800. The average Bonchev–Trinajstić information content (AvgIpc) is 2.24. The number of hydrogen-bond donors (Lipinski definition) is 3. The molecular formula is C10H21N3O3. The van der Waals surface area contributed by atoms with Crippen LogP contribution in [0.25, 0.3) is 0 Å². The van der Waals surface area contributed by atoms with Crippen LogP contribution in [0.2, 0.25) is 0 Å². The molecule has 0 aliphatic carbocycles. The van der Waals surface area contributed by atoms with E-state index < -0.39 is 0 Å². The lowest BCUT2D eigenvalue weighted by atomic mass is 10.3. The van der Waals surface area contributed by atoms with Gasteiger partial charge in [-0.2, -0.15) is 0 Å². The third kappa shape index (κ3) is 8.19. The zero-order valence-corrected chi connectivity index (χ0v) is 10.1. The predicted octanol–water partition coefficient (Wildman–Crippen LogP) is -1.14. The van der Waals surface area contributed by atoms with Crippen LogP contribution in [0.4, 0.5) is 0 Å². The van der Waals surface area contributed by atoms with Crippen LogP contribution in [-0.2, 0) is 14.3 Å². The Morgan fingerprint density at radius 3 is 2.56 bits per heavy atom. The van der Waals surface area contributed by atoms with Crippen LogP contribution >= 0.6 is 0 Å².